The van der Waals surface area contributed by atoms with E-state index in [0.29, 0.717) is 6.04 Å². The largest absolute Gasteiger partial charge is 0.473 e. The van der Waals surface area contributed by atoms with Crippen molar-refractivity contribution in [2.24, 2.45) is 0 Å². The van der Waals surface area contributed by atoms with Crippen LogP contribution in [0.5, 0.6) is 0 Å². The first kappa shape index (κ1) is 28.0. The van der Waals surface area contributed by atoms with Crippen molar-refractivity contribution >= 4 is 34.7 Å². The van der Waals surface area contributed by atoms with Gasteiger partial charge in [-0.25, -0.2) is 19.3 Å². The summed E-state index contributed by atoms with van der Waals surface area (Å²) < 4.78 is 4.38. The quantitative estimate of drug-likeness (QED) is 0.234. The number of carbonyl (C=O) groups is 2. The highest BCUT2D eigenvalue weighted by Gasteiger charge is 2.19. The number of nitrogens with zero attached hydrogens (tertiary/aromatic N) is 4. The number of carboxylic acids is 2. The number of aromatic nitrogens is 5. The van der Waals surface area contributed by atoms with E-state index in [1.807, 2.05) is 30.1 Å². The average Bonchev–Trinajstić information content (AvgIpc) is 3.56. The van der Waals surface area contributed by atoms with Crippen molar-refractivity contribution in [1.82, 2.24) is 29.6 Å². The number of aryl methyl sites for hydroxylation is 1. The lowest BCUT2D eigenvalue weighted by molar-refractivity contribution is -0.159. The van der Waals surface area contributed by atoms with Crippen molar-refractivity contribution in [3.05, 3.63) is 65.4 Å². The molecule has 0 bridgehead atoms. The van der Waals surface area contributed by atoms with Crippen LogP contribution in [0, 0.1) is 13.8 Å². The Labute approximate surface area is 220 Å². The maximum atomic E-state index is 9.10. The van der Waals surface area contributed by atoms with Crippen LogP contribution in [0.15, 0.2) is 42.6 Å². The van der Waals surface area contributed by atoms with Crippen molar-refractivity contribution in [3.63, 3.8) is 0 Å². The Morgan fingerprint density at radius 2 is 1.84 bits per heavy atom. The highest BCUT2D eigenvalue weighted by Crippen LogP contribution is 2.25. The summed E-state index contributed by atoms with van der Waals surface area (Å²) in [6, 6.07) is 13.1. The molecule has 0 aliphatic rings. The van der Waals surface area contributed by atoms with Crippen LogP contribution in [0.4, 0.5) is 0 Å². The molecule has 0 saturated carbocycles. The van der Waals surface area contributed by atoms with Gasteiger partial charge in [0.05, 0.1) is 23.3 Å². The second-order valence-electron chi connectivity index (χ2n) is 8.92. The van der Waals surface area contributed by atoms with Gasteiger partial charge in [0, 0.05) is 30.0 Å². The molecule has 0 aliphatic heterocycles. The normalized spacial score (nSPS) is 11.9. The standard InChI is InChI=1S/C24H32N6S.C2H2O4/c1-16(2)30-23(10-12-26-30)29-17(3)14-19(18(29)4)15-25-22(11-13-31-5)24-27-20-8-6-7-9-21(20)28-24;3-1(4)2(5)6/h6-10,12,14,16,22,25H,11,13,15H2,1-5H3,(H,27,28);(H,3,4)(H,5,6). The molecule has 0 aliphatic carbocycles. The van der Waals surface area contributed by atoms with Crippen molar-refractivity contribution in [2.45, 2.75) is 52.7 Å². The predicted molar refractivity (Wildman–Crippen MR) is 145 cm³/mol. The minimum absolute atomic E-state index is 0.184. The van der Waals surface area contributed by atoms with E-state index in [9.17, 15) is 0 Å². The van der Waals surface area contributed by atoms with E-state index in [1.165, 1.54) is 17.0 Å². The molecule has 0 radical (unpaired) electrons. The first-order valence-electron chi connectivity index (χ1n) is 12.0. The van der Waals surface area contributed by atoms with Gasteiger partial charge in [0.15, 0.2) is 0 Å². The summed E-state index contributed by atoms with van der Waals surface area (Å²) in [7, 11) is 0. The predicted octanol–water partition coefficient (Wildman–Crippen LogP) is 4.49. The van der Waals surface area contributed by atoms with E-state index >= 15 is 0 Å². The van der Waals surface area contributed by atoms with Gasteiger partial charge in [0.2, 0.25) is 0 Å². The molecule has 198 valence electrons. The number of nitrogens with one attached hydrogen (secondary N) is 2. The second-order valence-corrected chi connectivity index (χ2v) is 9.91. The van der Waals surface area contributed by atoms with E-state index in [4.69, 9.17) is 24.8 Å². The summed E-state index contributed by atoms with van der Waals surface area (Å²) >= 11 is 1.87. The van der Waals surface area contributed by atoms with Gasteiger partial charge < -0.3 is 25.1 Å². The lowest BCUT2D eigenvalue weighted by atomic mass is 10.2. The van der Waals surface area contributed by atoms with Crippen LogP contribution < -0.4 is 5.32 Å². The lowest BCUT2D eigenvalue weighted by Gasteiger charge is -2.17. The zero-order valence-corrected chi connectivity index (χ0v) is 22.5. The molecule has 3 heterocycles. The van der Waals surface area contributed by atoms with Gasteiger partial charge in [-0.2, -0.15) is 16.9 Å². The van der Waals surface area contributed by atoms with Gasteiger partial charge >= 0.3 is 11.9 Å². The number of H-pyrrole nitrogens is 1. The van der Waals surface area contributed by atoms with Gasteiger partial charge in [-0.3, -0.25) is 0 Å². The Bertz CT molecular complexity index is 1310. The number of para-hydroxylation sites is 2. The Kier molecular flexibility index (Phi) is 9.54. The number of carboxylic acid groups (broad SMARTS) is 2. The second kappa shape index (κ2) is 12.6. The third-order valence-corrected chi connectivity index (χ3v) is 6.62. The molecule has 1 atom stereocenters. The van der Waals surface area contributed by atoms with Crippen LogP contribution in [-0.2, 0) is 16.1 Å². The molecule has 11 heteroatoms. The molecule has 4 rings (SSSR count). The van der Waals surface area contributed by atoms with Crippen LogP contribution in [-0.4, -0.2) is 58.5 Å². The van der Waals surface area contributed by atoms with E-state index in [2.05, 4.69) is 82.9 Å². The topological polar surface area (TPSA) is 138 Å². The zero-order valence-electron chi connectivity index (χ0n) is 21.7. The number of aliphatic carboxylic acids is 2. The van der Waals surface area contributed by atoms with Crippen LogP contribution in [0.3, 0.4) is 0 Å². The lowest BCUT2D eigenvalue weighted by Crippen LogP contribution is -2.23. The number of aromatic amines is 1. The number of benzene rings is 1. The third kappa shape index (κ3) is 6.80. The molecule has 0 fully saturated rings. The Hall–Kier alpha value is -3.57. The fourth-order valence-corrected chi connectivity index (χ4v) is 4.66. The molecule has 10 nitrogen and oxygen atoms in total. The van der Waals surface area contributed by atoms with Crippen LogP contribution >= 0.6 is 11.8 Å². The van der Waals surface area contributed by atoms with Gasteiger partial charge in [-0.05, 0) is 69.9 Å². The van der Waals surface area contributed by atoms with Gasteiger partial charge in [-0.1, -0.05) is 12.1 Å². The minimum atomic E-state index is -1.82. The van der Waals surface area contributed by atoms with E-state index in [0.717, 1.165) is 41.4 Å². The summed E-state index contributed by atoms with van der Waals surface area (Å²) in [5.41, 5.74) is 5.89. The van der Waals surface area contributed by atoms with Crippen molar-refractivity contribution < 1.29 is 19.8 Å². The van der Waals surface area contributed by atoms with E-state index in [-0.39, 0.29) is 6.04 Å². The van der Waals surface area contributed by atoms with Crippen LogP contribution in [0.2, 0.25) is 0 Å². The highest BCUT2D eigenvalue weighted by atomic mass is 32.2. The number of rotatable bonds is 9. The Balaban J connectivity index is 0.000000568. The number of fused-ring (bicyclic) bond motifs is 1. The number of imidazole rings is 1. The van der Waals surface area contributed by atoms with Gasteiger partial charge in [-0.15, -0.1) is 0 Å². The highest BCUT2D eigenvalue weighted by molar-refractivity contribution is 7.98. The van der Waals surface area contributed by atoms with Gasteiger partial charge in [0.1, 0.15) is 11.6 Å². The molecular formula is C26H34N6O4S. The van der Waals surface area contributed by atoms with Crippen LogP contribution in [0.1, 0.15) is 55.1 Å². The molecule has 4 N–H and O–H groups in total. The van der Waals surface area contributed by atoms with Crippen LogP contribution in [0.25, 0.3) is 16.9 Å². The zero-order chi connectivity index (χ0) is 27.1. The monoisotopic (exact) mass is 526 g/mol. The van der Waals surface area contributed by atoms with Crippen molar-refractivity contribution in [2.75, 3.05) is 12.0 Å². The number of thioether (sulfide) groups is 1. The maximum absolute atomic E-state index is 9.10. The SMILES string of the molecule is CSCCC(NCc1cc(C)n(-c2ccnn2C(C)C)c1C)c1nc2ccccc2[nH]1.O=C(O)C(=O)O. The molecule has 4 aromatic rings. The molecule has 1 aromatic carbocycles. The summed E-state index contributed by atoms with van der Waals surface area (Å²) in [6.07, 6.45) is 5.06. The smallest absolute Gasteiger partial charge is 0.414 e. The molecule has 0 amide bonds. The molecular weight excluding hydrogens is 492 g/mol. The molecule has 3 aromatic heterocycles. The Morgan fingerprint density at radius 1 is 1.14 bits per heavy atom. The molecule has 0 saturated heterocycles. The fourth-order valence-electron chi connectivity index (χ4n) is 4.18. The average molecular weight is 527 g/mol. The van der Waals surface area contributed by atoms with E-state index in [1.54, 1.807) is 0 Å². The number of hydrogen-bond acceptors (Lipinski definition) is 6. The fraction of sp³-hybridized carbons (Fsp3) is 0.385. The molecule has 0 spiro atoms. The van der Waals surface area contributed by atoms with E-state index < -0.39 is 11.9 Å². The minimum Gasteiger partial charge on any atom is -0.473 e. The summed E-state index contributed by atoms with van der Waals surface area (Å²) in [6.45, 7) is 9.48. The first-order chi connectivity index (χ1) is 17.6. The number of hydrogen-bond donors (Lipinski definition) is 4. The molecule has 37 heavy (non-hydrogen) atoms. The summed E-state index contributed by atoms with van der Waals surface area (Å²) in [4.78, 5) is 26.6. The van der Waals surface area contributed by atoms with Gasteiger partial charge in [0.25, 0.3) is 0 Å². The third-order valence-electron chi connectivity index (χ3n) is 5.97. The van der Waals surface area contributed by atoms with Crippen molar-refractivity contribution in [1.29, 1.82) is 0 Å². The maximum Gasteiger partial charge on any atom is 0.414 e. The summed E-state index contributed by atoms with van der Waals surface area (Å²) in [5, 5.41) is 23.1. The van der Waals surface area contributed by atoms with Crippen molar-refractivity contribution in [3.8, 4) is 5.82 Å². The first-order valence-corrected chi connectivity index (χ1v) is 13.4. The summed E-state index contributed by atoms with van der Waals surface area (Å²) in [5.74, 6) is -0.430. The molecule has 1 unspecified atom stereocenters. The Morgan fingerprint density at radius 3 is 2.46 bits per heavy atom.